The number of rotatable bonds is 11. The molecule has 2 nitrogen and oxygen atoms in total. The predicted octanol–water partition coefficient (Wildman–Crippen LogP) is 3.91. The largest absolute Gasteiger partial charge is 0.391 e. The smallest absolute Gasteiger partial charge is 0.0745 e. The highest BCUT2D eigenvalue weighted by Crippen LogP contribution is 2.11. The highest BCUT2D eigenvalue weighted by molar-refractivity contribution is 4.54. The van der Waals surface area contributed by atoms with Gasteiger partial charge in [0.25, 0.3) is 0 Å². The van der Waals surface area contributed by atoms with Crippen LogP contribution in [0.3, 0.4) is 0 Å². The molecule has 0 heterocycles. The van der Waals surface area contributed by atoms with Crippen molar-refractivity contribution in [3.63, 3.8) is 0 Å². The predicted molar refractivity (Wildman–Crippen MR) is 69.7 cm³/mol. The zero-order valence-corrected chi connectivity index (χ0v) is 11.4. The summed E-state index contributed by atoms with van der Waals surface area (Å²) in [6.07, 6.45) is 10.5. The summed E-state index contributed by atoms with van der Waals surface area (Å²) in [7, 11) is 0. The normalized spacial score (nSPS) is 15.0. The summed E-state index contributed by atoms with van der Waals surface area (Å²) in [4.78, 5) is 0. The van der Waals surface area contributed by atoms with Crippen molar-refractivity contribution in [2.45, 2.75) is 84.3 Å². The van der Waals surface area contributed by atoms with Gasteiger partial charge in [0.2, 0.25) is 0 Å². The first-order valence-electron chi connectivity index (χ1n) is 6.96. The second kappa shape index (κ2) is 11.4. The molecular weight excluding hydrogens is 200 g/mol. The highest BCUT2D eigenvalue weighted by atomic mass is 16.5. The number of ether oxygens (including phenoxy) is 1. The van der Waals surface area contributed by atoms with E-state index in [0.29, 0.717) is 12.7 Å². The zero-order valence-electron chi connectivity index (χ0n) is 11.4. The van der Waals surface area contributed by atoms with Crippen LogP contribution in [0.15, 0.2) is 0 Å². The summed E-state index contributed by atoms with van der Waals surface area (Å²) in [6, 6.07) is 0. The number of hydrogen-bond donors (Lipinski definition) is 1. The van der Waals surface area contributed by atoms with Crippen LogP contribution in [0.25, 0.3) is 0 Å². The Balaban J connectivity index is 3.12. The lowest BCUT2D eigenvalue weighted by molar-refractivity contribution is 0.00122. The fourth-order valence-corrected chi connectivity index (χ4v) is 1.78. The van der Waals surface area contributed by atoms with Crippen molar-refractivity contribution in [1.29, 1.82) is 0 Å². The average molecular weight is 230 g/mol. The van der Waals surface area contributed by atoms with Crippen molar-refractivity contribution in [2.75, 3.05) is 6.61 Å². The second-order valence-corrected chi connectivity index (χ2v) is 4.90. The van der Waals surface area contributed by atoms with E-state index in [1.165, 1.54) is 44.9 Å². The van der Waals surface area contributed by atoms with Gasteiger partial charge >= 0.3 is 0 Å². The number of aliphatic hydroxyl groups is 1. The average Bonchev–Trinajstić information content (AvgIpc) is 2.25. The van der Waals surface area contributed by atoms with Gasteiger partial charge in [-0.1, -0.05) is 51.9 Å². The van der Waals surface area contributed by atoms with E-state index in [4.69, 9.17) is 9.84 Å². The molecule has 0 bridgehead atoms. The molecule has 16 heavy (non-hydrogen) atoms. The maximum absolute atomic E-state index is 9.07. The molecule has 98 valence electrons. The molecule has 2 heteroatoms. The van der Waals surface area contributed by atoms with Crippen LogP contribution in [0.5, 0.6) is 0 Å². The van der Waals surface area contributed by atoms with Crippen LogP contribution in [-0.4, -0.2) is 23.9 Å². The van der Waals surface area contributed by atoms with Gasteiger partial charge in [0.05, 0.1) is 18.8 Å². The first-order valence-corrected chi connectivity index (χ1v) is 6.96. The van der Waals surface area contributed by atoms with Gasteiger partial charge in [-0.25, -0.2) is 0 Å². The van der Waals surface area contributed by atoms with Crippen molar-refractivity contribution in [3.8, 4) is 0 Å². The van der Waals surface area contributed by atoms with Gasteiger partial charge in [0, 0.05) is 0 Å². The fraction of sp³-hybridized carbons (Fsp3) is 1.00. The van der Waals surface area contributed by atoms with Gasteiger partial charge in [-0.15, -0.1) is 0 Å². The third-order valence-electron chi connectivity index (χ3n) is 2.84. The van der Waals surface area contributed by atoms with E-state index >= 15 is 0 Å². The molecule has 0 aliphatic heterocycles. The summed E-state index contributed by atoms with van der Waals surface area (Å²) >= 11 is 0. The van der Waals surface area contributed by atoms with Gasteiger partial charge in [-0.05, 0) is 20.3 Å². The Morgan fingerprint density at radius 3 is 2.06 bits per heavy atom. The van der Waals surface area contributed by atoms with Crippen LogP contribution < -0.4 is 0 Å². The maximum atomic E-state index is 9.07. The summed E-state index contributed by atoms with van der Waals surface area (Å²) in [5, 5.41) is 9.07. The lowest BCUT2D eigenvalue weighted by Gasteiger charge is -2.14. The van der Waals surface area contributed by atoms with Gasteiger partial charge in [-0.3, -0.25) is 0 Å². The Kier molecular flexibility index (Phi) is 11.3. The quantitative estimate of drug-likeness (QED) is 0.545. The minimum atomic E-state index is -0.337. The van der Waals surface area contributed by atoms with Gasteiger partial charge < -0.3 is 9.84 Å². The molecule has 0 saturated heterocycles. The van der Waals surface area contributed by atoms with E-state index in [9.17, 15) is 0 Å². The van der Waals surface area contributed by atoms with Crippen LogP contribution in [0.4, 0.5) is 0 Å². The Labute approximate surface area is 101 Å². The summed E-state index contributed by atoms with van der Waals surface area (Å²) in [5.41, 5.74) is 0. The van der Waals surface area contributed by atoms with E-state index in [1.807, 2.05) is 0 Å². The van der Waals surface area contributed by atoms with Crippen LogP contribution in [0.2, 0.25) is 0 Å². The van der Waals surface area contributed by atoms with E-state index in [1.54, 1.807) is 6.92 Å². The molecule has 0 aromatic carbocycles. The van der Waals surface area contributed by atoms with Crippen molar-refractivity contribution < 1.29 is 9.84 Å². The van der Waals surface area contributed by atoms with Crippen LogP contribution in [0, 0.1) is 0 Å². The minimum absolute atomic E-state index is 0.297. The lowest BCUT2D eigenvalue weighted by Crippen LogP contribution is -2.16. The van der Waals surface area contributed by atoms with Gasteiger partial charge in [-0.2, -0.15) is 0 Å². The molecule has 0 amide bonds. The molecule has 2 atom stereocenters. The summed E-state index contributed by atoms with van der Waals surface area (Å²) in [6.45, 7) is 6.58. The molecule has 0 spiro atoms. The molecule has 0 aliphatic rings. The van der Waals surface area contributed by atoms with E-state index in [-0.39, 0.29) is 6.10 Å². The Morgan fingerprint density at radius 2 is 1.50 bits per heavy atom. The first-order chi connectivity index (χ1) is 7.66. The monoisotopic (exact) mass is 230 g/mol. The van der Waals surface area contributed by atoms with Gasteiger partial charge in [0.1, 0.15) is 0 Å². The molecule has 0 aliphatic carbocycles. The molecule has 0 radical (unpaired) electrons. The topological polar surface area (TPSA) is 29.5 Å². The van der Waals surface area contributed by atoms with Crippen molar-refractivity contribution in [1.82, 2.24) is 0 Å². The summed E-state index contributed by atoms with van der Waals surface area (Å²) in [5.74, 6) is 0. The zero-order chi connectivity index (χ0) is 12.2. The van der Waals surface area contributed by atoms with Crippen molar-refractivity contribution in [2.24, 2.45) is 0 Å². The van der Waals surface area contributed by atoms with Crippen molar-refractivity contribution >= 4 is 0 Å². The Bertz CT molecular complexity index is 135. The third kappa shape index (κ3) is 12.0. The minimum Gasteiger partial charge on any atom is -0.391 e. The van der Waals surface area contributed by atoms with E-state index in [2.05, 4.69) is 13.8 Å². The lowest BCUT2D eigenvalue weighted by atomic mass is 10.1. The fourth-order valence-electron chi connectivity index (χ4n) is 1.78. The molecule has 1 N–H and O–H groups in total. The molecule has 0 aromatic heterocycles. The number of aliphatic hydroxyl groups excluding tert-OH is 1. The Hall–Kier alpha value is -0.0800. The molecule has 0 aromatic rings. The molecule has 0 saturated carbocycles. The SMILES string of the molecule is CCCCCCCCCC(C)OCC(C)O. The highest BCUT2D eigenvalue weighted by Gasteiger charge is 2.03. The van der Waals surface area contributed by atoms with Crippen LogP contribution in [0.1, 0.15) is 72.1 Å². The number of unbranched alkanes of at least 4 members (excludes halogenated alkanes) is 6. The first kappa shape index (κ1) is 15.9. The third-order valence-corrected chi connectivity index (χ3v) is 2.84. The second-order valence-electron chi connectivity index (χ2n) is 4.90. The molecular formula is C14H30O2. The Morgan fingerprint density at radius 1 is 0.938 bits per heavy atom. The standard InChI is InChI=1S/C14H30O2/c1-4-5-6-7-8-9-10-11-14(3)16-12-13(2)15/h13-15H,4-12H2,1-3H3. The maximum Gasteiger partial charge on any atom is 0.0745 e. The van der Waals surface area contributed by atoms with E-state index in [0.717, 1.165) is 6.42 Å². The van der Waals surface area contributed by atoms with E-state index < -0.39 is 0 Å². The van der Waals surface area contributed by atoms with Crippen molar-refractivity contribution in [3.05, 3.63) is 0 Å². The van der Waals surface area contributed by atoms with Gasteiger partial charge in [0.15, 0.2) is 0 Å². The molecule has 2 unspecified atom stereocenters. The summed E-state index contributed by atoms with van der Waals surface area (Å²) < 4.78 is 5.50. The number of hydrogen-bond acceptors (Lipinski definition) is 2. The van der Waals surface area contributed by atoms with Crippen LogP contribution in [-0.2, 0) is 4.74 Å². The van der Waals surface area contributed by atoms with Crippen LogP contribution >= 0.6 is 0 Å². The molecule has 0 rings (SSSR count). The molecule has 0 fully saturated rings.